The van der Waals surface area contributed by atoms with Crippen LogP contribution in [0.1, 0.15) is 25.3 Å². The number of carbonyl (C=O) groups is 1. The molecular formula is C16H19N3O. The van der Waals surface area contributed by atoms with Crippen LogP contribution in [0.15, 0.2) is 48.7 Å². The van der Waals surface area contributed by atoms with Gasteiger partial charge in [-0.1, -0.05) is 44.2 Å². The summed E-state index contributed by atoms with van der Waals surface area (Å²) in [5.41, 5.74) is 7.21. The number of anilines is 2. The third kappa shape index (κ3) is 3.35. The summed E-state index contributed by atoms with van der Waals surface area (Å²) in [5.74, 6) is 0.428. The van der Waals surface area contributed by atoms with Crippen LogP contribution in [0, 0.1) is 5.92 Å². The first-order chi connectivity index (χ1) is 9.58. The third-order valence-corrected chi connectivity index (χ3v) is 3.16. The van der Waals surface area contributed by atoms with Crippen molar-refractivity contribution in [3.05, 3.63) is 54.2 Å². The molecule has 0 aliphatic heterocycles. The molecule has 4 nitrogen and oxygen atoms in total. The Morgan fingerprint density at radius 2 is 1.85 bits per heavy atom. The Labute approximate surface area is 119 Å². The molecule has 0 bridgehead atoms. The molecule has 0 saturated carbocycles. The molecule has 4 heteroatoms. The van der Waals surface area contributed by atoms with Gasteiger partial charge in [-0.3, -0.25) is 4.79 Å². The van der Waals surface area contributed by atoms with Crippen molar-refractivity contribution in [2.45, 2.75) is 19.8 Å². The fourth-order valence-electron chi connectivity index (χ4n) is 2.20. The molecule has 2 rings (SSSR count). The van der Waals surface area contributed by atoms with E-state index in [2.05, 4.69) is 10.3 Å². The van der Waals surface area contributed by atoms with Crippen molar-refractivity contribution < 1.29 is 4.79 Å². The lowest BCUT2D eigenvalue weighted by atomic mass is 9.87. The van der Waals surface area contributed by atoms with E-state index in [4.69, 9.17) is 5.73 Å². The van der Waals surface area contributed by atoms with Crippen LogP contribution in [-0.4, -0.2) is 10.9 Å². The lowest BCUT2D eigenvalue weighted by Gasteiger charge is -2.20. The molecule has 20 heavy (non-hydrogen) atoms. The van der Waals surface area contributed by atoms with Gasteiger partial charge in [-0.05, 0) is 23.6 Å². The lowest BCUT2D eigenvalue weighted by Crippen LogP contribution is -2.25. The molecule has 1 aromatic heterocycles. The summed E-state index contributed by atoms with van der Waals surface area (Å²) in [7, 11) is 0. The first kappa shape index (κ1) is 14.1. The number of nitrogens with zero attached hydrogens (tertiary/aromatic N) is 1. The predicted molar refractivity (Wildman–Crippen MR) is 81.3 cm³/mol. The van der Waals surface area contributed by atoms with Crippen LogP contribution in [0.25, 0.3) is 0 Å². The highest BCUT2D eigenvalue weighted by Gasteiger charge is 2.24. The minimum absolute atomic E-state index is 0.0298. The largest absolute Gasteiger partial charge is 0.384 e. The summed E-state index contributed by atoms with van der Waals surface area (Å²) in [6.07, 6.45) is 1.57. The molecule has 0 aliphatic carbocycles. The van der Waals surface area contributed by atoms with E-state index in [9.17, 15) is 4.79 Å². The maximum atomic E-state index is 12.5. The molecule has 0 aliphatic rings. The number of amides is 1. The van der Waals surface area contributed by atoms with Gasteiger partial charge >= 0.3 is 0 Å². The van der Waals surface area contributed by atoms with Crippen LogP contribution in [0.3, 0.4) is 0 Å². The number of carbonyl (C=O) groups excluding carboxylic acids is 1. The van der Waals surface area contributed by atoms with E-state index in [-0.39, 0.29) is 17.7 Å². The number of rotatable bonds is 4. The van der Waals surface area contributed by atoms with Gasteiger partial charge < -0.3 is 11.1 Å². The Hall–Kier alpha value is -2.36. The summed E-state index contributed by atoms with van der Waals surface area (Å²) in [6.45, 7) is 4.08. The smallest absolute Gasteiger partial charge is 0.232 e. The molecule has 104 valence electrons. The molecule has 1 aromatic carbocycles. The van der Waals surface area contributed by atoms with Gasteiger partial charge in [-0.25, -0.2) is 4.98 Å². The van der Waals surface area contributed by atoms with Crippen LogP contribution in [0.4, 0.5) is 11.5 Å². The molecular weight excluding hydrogens is 250 g/mol. The number of benzene rings is 1. The maximum Gasteiger partial charge on any atom is 0.232 e. The second-order valence-corrected chi connectivity index (χ2v) is 5.09. The average Bonchev–Trinajstić information content (AvgIpc) is 2.42. The van der Waals surface area contributed by atoms with Gasteiger partial charge in [0.2, 0.25) is 5.91 Å². The van der Waals surface area contributed by atoms with Crippen LogP contribution in [0.2, 0.25) is 0 Å². The zero-order valence-electron chi connectivity index (χ0n) is 11.7. The second kappa shape index (κ2) is 6.19. The summed E-state index contributed by atoms with van der Waals surface area (Å²) in [4.78, 5) is 16.4. The lowest BCUT2D eigenvalue weighted by molar-refractivity contribution is -0.118. The fraction of sp³-hybridized carbons (Fsp3) is 0.250. The molecule has 0 fully saturated rings. The van der Waals surface area contributed by atoms with Crippen molar-refractivity contribution in [2.75, 3.05) is 11.1 Å². The highest BCUT2D eigenvalue weighted by atomic mass is 16.1. The topological polar surface area (TPSA) is 68.0 Å². The van der Waals surface area contributed by atoms with Crippen molar-refractivity contribution in [1.29, 1.82) is 0 Å². The predicted octanol–water partition coefficient (Wildman–Crippen LogP) is 3.04. The number of nitrogens with one attached hydrogen (secondary N) is 1. The van der Waals surface area contributed by atoms with E-state index in [1.807, 2.05) is 44.2 Å². The highest BCUT2D eigenvalue weighted by Crippen LogP contribution is 2.26. The number of nitrogen functional groups attached to an aromatic ring is 1. The monoisotopic (exact) mass is 269 g/mol. The van der Waals surface area contributed by atoms with Gasteiger partial charge in [-0.2, -0.15) is 0 Å². The Kier molecular flexibility index (Phi) is 4.35. The van der Waals surface area contributed by atoms with E-state index >= 15 is 0 Å². The zero-order valence-corrected chi connectivity index (χ0v) is 11.7. The number of aromatic nitrogens is 1. The van der Waals surface area contributed by atoms with Crippen molar-refractivity contribution in [3.63, 3.8) is 0 Å². The summed E-state index contributed by atoms with van der Waals surface area (Å²) in [6, 6.07) is 13.2. The molecule has 1 atom stereocenters. The molecule has 1 amide bonds. The molecule has 3 N–H and O–H groups in total. The zero-order chi connectivity index (χ0) is 14.5. The first-order valence-electron chi connectivity index (χ1n) is 6.65. The molecule has 1 unspecified atom stereocenters. The van der Waals surface area contributed by atoms with Crippen molar-refractivity contribution in [2.24, 2.45) is 5.92 Å². The molecule has 0 spiro atoms. The standard InChI is InChI=1S/C16H19N3O/c1-11(2)15(12-6-4-3-5-7-12)16(20)19-13-8-9-14(17)18-10-13/h3-11,15H,1-2H3,(H2,17,18)(H,19,20). The van der Waals surface area contributed by atoms with E-state index < -0.39 is 0 Å². The fourth-order valence-corrected chi connectivity index (χ4v) is 2.20. The summed E-state index contributed by atoms with van der Waals surface area (Å²) < 4.78 is 0. The van der Waals surface area contributed by atoms with Crippen molar-refractivity contribution >= 4 is 17.4 Å². The third-order valence-electron chi connectivity index (χ3n) is 3.16. The van der Waals surface area contributed by atoms with Gasteiger partial charge in [0.05, 0.1) is 17.8 Å². The van der Waals surface area contributed by atoms with Crippen LogP contribution < -0.4 is 11.1 Å². The number of nitrogens with two attached hydrogens (primary N) is 1. The first-order valence-corrected chi connectivity index (χ1v) is 6.65. The van der Waals surface area contributed by atoms with Gasteiger partial charge in [0.1, 0.15) is 5.82 Å². The van der Waals surface area contributed by atoms with Crippen LogP contribution in [-0.2, 0) is 4.79 Å². The number of pyridine rings is 1. The van der Waals surface area contributed by atoms with Gasteiger partial charge in [0.25, 0.3) is 0 Å². The Bertz CT molecular complexity index is 564. The minimum atomic E-state index is -0.186. The number of hydrogen-bond donors (Lipinski definition) is 2. The van der Waals surface area contributed by atoms with E-state index in [1.165, 1.54) is 0 Å². The second-order valence-electron chi connectivity index (χ2n) is 5.09. The van der Waals surface area contributed by atoms with Crippen molar-refractivity contribution in [1.82, 2.24) is 4.98 Å². The molecule has 2 aromatic rings. The minimum Gasteiger partial charge on any atom is -0.384 e. The Morgan fingerprint density at radius 1 is 1.15 bits per heavy atom. The molecule has 0 radical (unpaired) electrons. The SMILES string of the molecule is CC(C)C(C(=O)Nc1ccc(N)nc1)c1ccccc1. The van der Waals surface area contributed by atoms with E-state index in [1.54, 1.807) is 18.3 Å². The average molecular weight is 269 g/mol. The van der Waals surface area contributed by atoms with Gasteiger partial charge in [-0.15, -0.1) is 0 Å². The van der Waals surface area contributed by atoms with Crippen LogP contribution in [0.5, 0.6) is 0 Å². The Morgan fingerprint density at radius 3 is 2.40 bits per heavy atom. The van der Waals surface area contributed by atoms with E-state index in [0.29, 0.717) is 11.5 Å². The highest BCUT2D eigenvalue weighted by molar-refractivity contribution is 5.96. The summed E-state index contributed by atoms with van der Waals surface area (Å²) >= 11 is 0. The van der Waals surface area contributed by atoms with Gasteiger partial charge in [0, 0.05) is 0 Å². The van der Waals surface area contributed by atoms with Crippen LogP contribution >= 0.6 is 0 Å². The quantitative estimate of drug-likeness (QED) is 0.896. The normalized spacial score (nSPS) is 12.2. The van der Waals surface area contributed by atoms with E-state index in [0.717, 1.165) is 5.56 Å². The summed E-state index contributed by atoms with van der Waals surface area (Å²) in [5, 5.41) is 2.89. The molecule has 0 saturated heterocycles. The maximum absolute atomic E-state index is 12.5. The Balaban J connectivity index is 2.18. The van der Waals surface area contributed by atoms with Crippen molar-refractivity contribution in [3.8, 4) is 0 Å². The molecule has 1 heterocycles. The number of hydrogen-bond acceptors (Lipinski definition) is 3. The van der Waals surface area contributed by atoms with Gasteiger partial charge in [0.15, 0.2) is 0 Å².